The van der Waals surface area contributed by atoms with E-state index in [0.717, 1.165) is 44.6 Å². The highest BCUT2D eigenvalue weighted by atomic mass is 35.5. The van der Waals surface area contributed by atoms with Crippen molar-refractivity contribution in [3.8, 4) is 5.75 Å². The van der Waals surface area contributed by atoms with Crippen LogP contribution in [0.3, 0.4) is 0 Å². The van der Waals surface area contributed by atoms with Crippen molar-refractivity contribution in [3.05, 3.63) is 58.6 Å². The van der Waals surface area contributed by atoms with Crippen molar-refractivity contribution in [3.63, 3.8) is 0 Å². The zero-order valence-electron chi connectivity index (χ0n) is 21.5. The van der Waals surface area contributed by atoms with Gasteiger partial charge in [0.2, 0.25) is 0 Å². The van der Waals surface area contributed by atoms with E-state index in [-0.39, 0.29) is 48.0 Å². The molecular weight excluding hydrogens is 572 g/mol. The van der Waals surface area contributed by atoms with Crippen LogP contribution in [0.25, 0.3) is 0 Å². The average Bonchev–Trinajstić information content (AvgIpc) is 3.42. The lowest BCUT2D eigenvalue weighted by Gasteiger charge is -2.50. The minimum atomic E-state index is -4.34. The van der Waals surface area contributed by atoms with Crippen LogP contribution in [0.5, 0.6) is 5.75 Å². The van der Waals surface area contributed by atoms with Crippen molar-refractivity contribution in [1.82, 2.24) is 4.90 Å². The van der Waals surface area contributed by atoms with Gasteiger partial charge < -0.3 is 14.4 Å². The van der Waals surface area contributed by atoms with Crippen molar-refractivity contribution in [2.24, 2.45) is 5.92 Å². The third-order valence-electron chi connectivity index (χ3n) is 8.19. The maximum absolute atomic E-state index is 15.5. The summed E-state index contributed by atoms with van der Waals surface area (Å²) in [7, 11) is -7.79. The molecule has 2 saturated heterocycles. The third kappa shape index (κ3) is 5.45. The molecule has 0 bridgehead atoms. The summed E-state index contributed by atoms with van der Waals surface area (Å²) in [5.41, 5.74) is -0.365. The Labute approximate surface area is 233 Å². The van der Waals surface area contributed by atoms with Gasteiger partial charge in [-0.05, 0) is 88.1 Å². The molecule has 0 saturated carbocycles. The fourth-order valence-corrected chi connectivity index (χ4v) is 10.1. The second-order valence-electron chi connectivity index (χ2n) is 10.5. The molecular formula is C27H32ClF2NO6S2. The lowest BCUT2D eigenvalue weighted by Crippen LogP contribution is -2.57. The van der Waals surface area contributed by atoms with Gasteiger partial charge in [0.1, 0.15) is 20.4 Å². The molecule has 2 fully saturated rings. The molecule has 214 valence electrons. The molecule has 12 heteroatoms. The fraction of sp³-hybridized carbons (Fsp3) is 0.556. The summed E-state index contributed by atoms with van der Waals surface area (Å²) in [4.78, 5) is 2.16. The van der Waals surface area contributed by atoms with Crippen molar-refractivity contribution in [1.29, 1.82) is 0 Å². The molecule has 3 heterocycles. The van der Waals surface area contributed by atoms with E-state index in [2.05, 4.69) is 4.90 Å². The number of benzene rings is 2. The smallest absolute Gasteiger partial charge is 0.189 e. The Morgan fingerprint density at radius 3 is 2.38 bits per heavy atom. The molecule has 0 aromatic heterocycles. The van der Waals surface area contributed by atoms with Gasteiger partial charge in [0.25, 0.3) is 0 Å². The highest BCUT2D eigenvalue weighted by Crippen LogP contribution is 2.56. The van der Waals surface area contributed by atoms with E-state index in [1.807, 2.05) is 0 Å². The molecule has 2 aromatic carbocycles. The molecule has 39 heavy (non-hydrogen) atoms. The Kier molecular flexibility index (Phi) is 8.28. The van der Waals surface area contributed by atoms with Gasteiger partial charge in [-0.2, -0.15) is 0 Å². The number of hydrogen-bond donors (Lipinski definition) is 0. The van der Waals surface area contributed by atoms with E-state index < -0.39 is 53.8 Å². The summed E-state index contributed by atoms with van der Waals surface area (Å²) in [6.45, 7) is 2.36. The van der Waals surface area contributed by atoms with Crippen molar-refractivity contribution < 1.29 is 35.1 Å². The van der Waals surface area contributed by atoms with Crippen LogP contribution in [-0.4, -0.2) is 72.2 Å². The van der Waals surface area contributed by atoms with Gasteiger partial charge >= 0.3 is 0 Å². The van der Waals surface area contributed by atoms with Crippen LogP contribution in [0.4, 0.5) is 8.78 Å². The first-order valence-electron chi connectivity index (χ1n) is 13.2. The van der Waals surface area contributed by atoms with Gasteiger partial charge in [-0.1, -0.05) is 11.6 Å². The first-order chi connectivity index (χ1) is 18.5. The number of fused-ring (bicyclic) bond motifs is 3. The number of likely N-dealkylation sites (tertiary alicyclic amines) is 1. The van der Waals surface area contributed by atoms with Crippen molar-refractivity contribution >= 4 is 31.3 Å². The summed E-state index contributed by atoms with van der Waals surface area (Å²) in [5.74, 6) is -3.34. The van der Waals surface area contributed by atoms with Crippen LogP contribution in [-0.2, 0) is 29.2 Å². The molecule has 0 amide bonds. The van der Waals surface area contributed by atoms with Crippen LogP contribution < -0.4 is 4.74 Å². The Hall–Kier alpha value is -1.79. The number of halogens is 3. The molecule has 0 aliphatic carbocycles. The van der Waals surface area contributed by atoms with E-state index in [4.69, 9.17) is 21.1 Å². The van der Waals surface area contributed by atoms with E-state index >= 15 is 4.39 Å². The predicted molar refractivity (Wildman–Crippen MR) is 144 cm³/mol. The normalized spacial score (nSPS) is 25.6. The van der Waals surface area contributed by atoms with E-state index in [1.54, 1.807) is 0 Å². The van der Waals surface area contributed by atoms with Gasteiger partial charge in [-0.3, -0.25) is 0 Å². The quantitative estimate of drug-likeness (QED) is 0.420. The van der Waals surface area contributed by atoms with Gasteiger partial charge in [-0.15, -0.1) is 0 Å². The van der Waals surface area contributed by atoms with Crippen LogP contribution in [0.1, 0.15) is 37.7 Å². The van der Waals surface area contributed by atoms with Crippen LogP contribution >= 0.6 is 11.6 Å². The first kappa shape index (κ1) is 28.7. The predicted octanol–water partition coefficient (Wildman–Crippen LogP) is 4.38. The summed E-state index contributed by atoms with van der Waals surface area (Å²) >= 11 is 5.99. The molecule has 0 N–H and O–H groups in total. The molecule has 0 spiro atoms. The summed E-state index contributed by atoms with van der Waals surface area (Å²) in [6, 6.07) is 7.33. The van der Waals surface area contributed by atoms with E-state index in [0.29, 0.717) is 11.4 Å². The largest absolute Gasteiger partial charge is 0.490 e. The van der Waals surface area contributed by atoms with Crippen molar-refractivity contribution in [2.75, 3.05) is 44.4 Å². The minimum absolute atomic E-state index is 0.0181. The van der Waals surface area contributed by atoms with Crippen LogP contribution in [0.2, 0.25) is 5.02 Å². The number of sulfone groups is 2. The molecule has 2 aromatic rings. The maximum Gasteiger partial charge on any atom is 0.189 e. The topological polar surface area (TPSA) is 90.0 Å². The summed E-state index contributed by atoms with van der Waals surface area (Å²) in [6.07, 6.45) is 1.80. The van der Waals surface area contributed by atoms with E-state index in [9.17, 15) is 21.2 Å². The molecule has 3 atom stereocenters. The summed E-state index contributed by atoms with van der Waals surface area (Å²) < 4.78 is 94.4. The van der Waals surface area contributed by atoms with Gasteiger partial charge in [-0.25, -0.2) is 25.6 Å². The van der Waals surface area contributed by atoms with E-state index in [1.165, 1.54) is 24.3 Å². The van der Waals surface area contributed by atoms with Gasteiger partial charge in [0.15, 0.2) is 21.4 Å². The molecule has 3 aliphatic rings. The standard InChI is InChI=1S/C27H32ClF2NO6S2/c28-19-4-6-20(7-5-19)39(34,35)27-11-15-36-24(10-17-38(32,33)16-3-14-31-12-1-2-13-31)21(27)18-37-26-23(30)9-8-22(29)25(26)27/h4-9,21,24H,1-3,10-18H2/t21-,24-,27-/m0/s1. The zero-order chi connectivity index (χ0) is 27.8. The number of ether oxygens (including phenoxy) is 2. The lowest BCUT2D eigenvalue weighted by atomic mass is 9.75. The lowest BCUT2D eigenvalue weighted by molar-refractivity contribution is -0.0732. The van der Waals surface area contributed by atoms with Crippen molar-refractivity contribution in [2.45, 2.75) is 47.9 Å². The molecule has 0 radical (unpaired) electrons. The zero-order valence-corrected chi connectivity index (χ0v) is 23.8. The third-order valence-corrected chi connectivity index (χ3v) is 12.8. The van der Waals surface area contributed by atoms with Crippen LogP contribution in [0.15, 0.2) is 41.3 Å². The number of hydrogen-bond acceptors (Lipinski definition) is 7. The minimum Gasteiger partial charge on any atom is -0.490 e. The highest BCUT2D eigenvalue weighted by molar-refractivity contribution is 7.92. The maximum atomic E-state index is 15.5. The Balaban J connectivity index is 1.46. The molecule has 7 nitrogen and oxygen atoms in total. The Morgan fingerprint density at radius 1 is 0.974 bits per heavy atom. The number of nitrogens with zero attached hydrogens (tertiary/aromatic N) is 1. The molecule has 5 rings (SSSR count). The monoisotopic (exact) mass is 603 g/mol. The first-order valence-corrected chi connectivity index (χ1v) is 16.9. The Morgan fingerprint density at radius 2 is 1.67 bits per heavy atom. The highest BCUT2D eigenvalue weighted by Gasteiger charge is 2.61. The number of rotatable bonds is 9. The van der Waals surface area contributed by atoms with Gasteiger partial charge in [0, 0.05) is 17.5 Å². The Bertz CT molecular complexity index is 1410. The van der Waals surface area contributed by atoms with Crippen LogP contribution in [0, 0.1) is 17.6 Å². The fourth-order valence-electron chi connectivity index (χ4n) is 6.25. The SMILES string of the molecule is O=S(=O)(CCCN1CCCC1)CC[C@@H]1OCC[C@@]2(S(=O)(=O)c3ccc(Cl)cc3)c3c(F)ccc(F)c3OC[C@@H]12. The molecule has 0 unspecified atom stereocenters. The second-order valence-corrected chi connectivity index (χ2v) is 15.4. The second kappa shape index (κ2) is 11.2. The molecule has 3 aliphatic heterocycles. The summed E-state index contributed by atoms with van der Waals surface area (Å²) in [5, 5.41) is 0.326. The van der Waals surface area contributed by atoms with Gasteiger partial charge in [0.05, 0.1) is 34.7 Å². The average molecular weight is 604 g/mol.